The first-order valence-electron chi connectivity index (χ1n) is 12.5. The van der Waals surface area contributed by atoms with E-state index in [4.69, 9.17) is 0 Å². The molecule has 1 N–H and O–H groups in total. The van der Waals surface area contributed by atoms with Crippen molar-refractivity contribution in [3.05, 3.63) is 107 Å². The van der Waals surface area contributed by atoms with Crippen LogP contribution < -0.4 is 33.6 Å². The minimum absolute atomic E-state index is 0. The summed E-state index contributed by atoms with van der Waals surface area (Å²) in [5.74, 6) is -1.32. The summed E-state index contributed by atoms with van der Waals surface area (Å²) in [6.07, 6.45) is 2.10. The number of carbonyl (C=O) groups is 2. The smallest absolute Gasteiger partial charge is 0.548 e. The van der Waals surface area contributed by atoms with Gasteiger partial charge in [0.25, 0.3) is 15.9 Å². The molecule has 4 aromatic rings. The molecule has 0 unspecified atom stereocenters. The maximum Gasteiger partial charge on any atom is 1.00 e. The van der Waals surface area contributed by atoms with Crippen LogP contribution in [0.25, 0.3) is 11.1 Å². The number of hydrogen-bond acceptors (Lipinski definition) is 7. The predicted molar refractivity (Wildman–Crippen MR) is 160 cm³/mol. The standard InChI is InChI=1S/C30H30N2O5S3.Li/c1-21-9-6-7-12-24(21)26-19-22(14-15-25(26)29(33)31-27(30(34)35)16-18-38-2)20-32(23-10-4-3-5-11-23)40(36,37)28-13-8-17-39-28;/h3-15,17,19,27H,16,18,20H2,1-2H3,(H,31,33)(H,34,35);/q;+1/p-1/t27-;/m0./s1. The molecule has 0 radical (unpaired) electrons. The molecule has 1 aromatic heterocycles. The van der Waals surface area contributed by atoms with Gasteiger partial charge in [-0.2, -0.15) is 11.8 Å². The molecular formula is C30H29LiN2O5S3. The molecule has 41 heavy (non-hydrogen) atoms. The molecule has 0 aliphatic rings. The maximum atomic E-state index is 13.7. The summed E-state index contributed by atoms with van der Waals surface area (Å²) in [5, 5.41) is 16.0. The fourth-order valence-electron chi connectivity index (χ4n) is 4.30. The van der Waals surface area contributed by atoms with Crippen LogP contribution in [0.4, 0.5) is 5.69 Å². The number of hydrogen-bond donors (Lipinski definition) is 1. The Hall–Kier alpha value is -3.00. The Morgan fingerprint density at radius 1 is 0.976 bits per heavy atom. The minimum Gasteiger partial charge on any atom is -0.548 e. The number of nitrogens with zero attached hydrogens (tertiary/aromatic N) is 1. The number of sulfonamides is 1. The second kappa shape index (κ2) is 14.8. The van der Waals surface area contributed by atoms with Crippen LogP contribution in [-0.4, -0.2) is 38.3 Å². The average molecular weight is 601 g/mol. The number of carboxylic acid groups (broad SMARTS) is 1. The van der Waals surface area contributed by atoms with Crippen LogP contribution in [0.3, 0.4) is 0 Å². The van der Waals surface area contributed by atoms with Gasteiger partial charge in [-0.05, 0) is 83.3 Å². The number of aliphatic carboxylic acids is 1. The van der Waals surface area contributed by atoms with Crippen molar-refractivity contribution >= 4 is 50.7 Å². The molecule has 0 spiro atoms. The number of carbonyl (C=O) groups excluding carboxylic acids is 2. The molecule has 1 heterocycles. The fraction of sp³-hybridized carbons (Fsp3) is 0.200. The van der Waals surface area contributed by atoms with E-state index in [1.807, 2.05) is 43.5 Å². The van der Waals surface area contributed by atoms with E-state index in [-0.39, 0.29) is 36.0 Å². The normalized spacial score (nSPS) is 11.8. The van der Waals surface area contributed by atoms with Gasteiger partial charge in [0.1, 0.15) is 4.21 Å². The molecule has 7 nitrogen and oxygen atoms in total. The maximum absolute atomic E-state index is 13.7. The van der Waals surface area contributed by atoms with E-state index in [1.165, 1.54) is 16.1 Å². The van der Waals surface area contributed by atoms with Crippen molar-refractivity contribution in [2.75, 3.05) is 16.3 Å². The molecular weight excluding hydrogens is 571 g/mol. The van der Waals surface area contributed by atoms with Gasteiger partial charge < -0.3 is 15.2 Å². The van der Waals surface area contributed by atoms with Crippen molar-refractivity contribution in [2.45, 2.75) is 30.1 Å². The second-order valence-corrected chi connectivity index (χ2v) is 13.1. The van der Waals surface area contributed by atoms with Crippen molar-refractivity contribution in [1.29, 1.82) is 0 Å². The topological polar surface area (TPSA) is 107 Å². The van der Waals surface area contributed by atoms with Crippen LogP contribution in [0.15, 0.2) is 94.5 Å². The van der Waals surface area contributed by atoms with Crippen LogP contribution in [0.2, 0.25) is 0 Å². The summed E-state index contributed by atoms with van der Waals surface area (Å²) in [6.45, 7) is 1.95. The van der Waals surface area contributed by atoms with Crippen molar-refractivity contribution in [1.82, 2.24) is 5.32 Å². The number of nitrogens with one attached hydrogen (secondary N) is 1. The van der Waals surface area contributed by atoms with Gasteiger partial charge in [-0.3, -0.25) is 9.10 Å². The number of amides is 1. The molecule has 1 amide bonds. The first-order chi connectivity index (χ1) is 19.2. The number of benzene rings is 3. The first kappa shape index (κ1) is 32.5. The van der Waals surface area contributed by atoms with Crippen molar-refractivity contribution in [2.24, 2.45) is 0 Å². The number of thioether (sulfide) groups is 1. The van der Waals surface area contributed by atoms with Gasteiger partial charge in [0.15, 0.2) is 0 Å². The van der Waals surface area contributed by atoms with Crippen molar-refractivity contribution in [3.8, 4) is 11.1 Å². The molecule has 0 saturated carbocycles. The number of rotatable bonds is 12. The van der Waals surface area contributed by atoms with E-state index in [9.17, 15) is 23.1 Å². The predicted octanol–water partition coefficient (Wildman–Crippen LogP) is 1.72. The molecule has 0 bridgehead atoms. The summed E-state index contributed by atoms with van der Waals surface area (Å²) in [5.41, 5.74) is 3.76. The third-order valence-electron chi connectivity index (χ3n) is 6.37. The molecule has 0 fully saturated rings. The van der Waals surface area contributed by atoms with Gasteiger partial charge in [0, 0.05) is 5.56 Å². The monoisotopic (exact) mass is 600 g/mol. The summed E-state index contributed by atoms with van der Waals surface area (Å²) in [4.78, 5) is 25.1. The van der Waals surface area contributed by atoms with Gasteiger partial charge in [-0.25, -0.2) is 8.42 Å². The Kier molecular flexibility index (Phi) is 11.7. The fourth-order valence-corrected chi connectivity index (χ4v) is 7.33. The summed E-state index contributed by atoms with van der Waals surface area (Å²) < 4.78 is 28.9. The second-order valence-electron chi connectivity index (χ2n) is 9.10. The summed E-state index contributed by atoms with van der Waals surface area (Å²) in [7, 11) is -3.86. The van der Waals surface area contributed by atoms with E-state index in [0.717, 1.165) is 22.5 Å². The molecule has 0 aliphatic carbocycles. The van der Waals surface area contributed by atoms with Crippen molar-refractivity contribution in [3.63, 3.8) is 0 Å². The Bertz CT molecular complexity index is 1580. The van der Waals surface area contributed by atoms with Crippen LogP contribution in [0.5, 0.6) is 0 Å². The Morgan fingerprint density at radius 3 is 2.32 bits per heavy atom. The van der Waals surface area contributed by atoms with E-state index < -0.39 is 27.9 Å². The number of carboxylic acids is 1. The van der Waals surface area contributed by atoms with Crippen LogP contribution in [0.1, 0.15) is 27.9 Å². The molecule has 0 aliphatic heterocycles. The minimum atomic E-state index is -3.86. The van der Waals surface area contributed by atoms with Crippen LogP contribution >= 0.6 is 23.1 Å². The Balaban J connectivity index is 0.00000462. The summed E-state index contributed by atoms with van der Waals surface area (Å²) in [6, 6.07) is 23.7. The average Bonchev–Trinajstić information content (AvgIpc) is 3.50. The van der Waals surface area contributed by atoms with Gasteiger partial charge >= 0.3 is 18.9 Å². The van der Waals surface area contributed by atoms with Gasteiger partial charge in [0.2, 0.25) is 0 Å². The van der Waals surface area contributed by atoms with E-state index >= 15 is 0 Å². The van der Waals surface area contributed by atoms with E-state index in [0.29, 0.717) is 28.1 Å². The van der Waals surface area contributed by atoms with Crippen LogP contribution in [-0.2, 0) is 21.4 Å². The van der Waals surface area contributed by atoms with E-state index in [2.05, 4.69) is 5.32 Å². The largest absolute Gasteiger partial charge is 1.00 e. The van der Waals surface area contributed by atoms with Crippen LogP contribution in [0, 0.1) is 6.92 Å². The zero-order valence-electron chi connectivity index (χ0n) is 23.1. The Morgan fingerprint density at radius 2 is 1.68 bits per heavy atom. The van der Waals surface area contributed by atoms with E-state index in [1.54, 1.807) is 60.0 Å². The Labute approximate surface area is 261 Å². The molecule has 1 atom stereocenters. The third-order valence-corrected chi connectivity index (χ3v) is 10.2. The van der Waals surface area contributed by atoms with Crippen molar-refractivity contribution < 1.29 is 42.0 Å². The van der Waals surface area contributed by atoms with Gasteiger partial charge in [0.05, 0.1) is 24.2 Å². The zero-order chi connectivity index (χ0) is 28.7. The number of thiophene rings is 1. The quantitative estimate of drug-likeness (QED) is 0.248. The number of anilines is 1. The molecule has 0 saturated heterocycles. The van der Waals surface area contributed by atoms with Gasteiger partial charge in [-0.1, -0.05) is 54.6 Å². The zero-order valence-corrected chi connectivity index (χ0v) is 25.5. The molecule has 208 valence electrons. The van der Waals surface area contributed by atoms with Gasteiger partial charge in [-0.15, -0.1) is 11.3 Å². The molecule has 11 heteroatoms. The number of aryl methyl sites for hydroxylation is 1. The summed E-state index contributed by atoms with van der Waals surface area (Å²) >= 11 is 2.63. The first-order valence-corrected chi connectivity index (χ1v) is 16.2. The number of para-hydroxylation sites is 1. The third kappa shape index (κ3) is 7.85. The SMILES string of the molecule is CSCC[C@H](NC(=O)c1ccc(CN(c2ccccc2)S(=O)(=O)c2cccs2)cc1-c1ccccc1C)C(=O)[O-].[Li+]. The molecule has 3 aromatic carbocycles. The molecule has 4 rings (SSSR count).